The van der Waals surface area contributed by atoms with E-state index < -0.39 is 6.04 Å². The molecule has 0 heterocycles. The number of nitrogens with zero attached hydrogens (tertiary/aromatic N) is 2. The number of rotatable bonds is 10. The summed E-state index contributed by atoms with van der Waals surface area (Å²) in [4.78, 5) is 14.2. The lowest BCUT2D eigenvalue weighted by Crippen LogP contribution is -2.39. The van der Waals surface area contributed by atoms with Gasteiger partial charge in [0.25, 0.3) is 5.91 Å². The summed E-state index contributed by atoms with van der Waals surface area (Å²) < 4.78 is 0. The van der Waals surface area contributed by atoms with Crippen molar-refractivity contribution in [3.8, 4) is 5.75 Å². The van der Waals surface area contributed by atoms with Gasteiger partial charge in [-0.1, -0.05) is 24.3 Å². The molecule has 2 aromatic rings. The summed E-state index contributed by atoms with van der Waals surface area (Å²) in [5, 5.41) is 13.2. The van der Waals surface area contributed by atoms with Gasteiger partial charge in [0.1, 0.15) is 5.75 Å². The molecule has 0 radical (unpaired) electrons. The van der Waals surface area contributed by atoms with Crippen molar-refractivity contribution in [3.05, 3.63) is 59.7 Å². The molecule has 0 saturated carbocycles. The van der Waals surface area contributed by atoms with Crippen LogP contribution in [-0.4, -0.2) is 48.1 Å². The molecule has 150 valence electrons. The van der Waals surface area contributed by atoms with E-state index in [2.05, 4.69) is 15.4 Å². The standard InChI is InChI=1S/C20H24Cl2N4O2/c21-9-11-26(12-10-22)17-5-1-16(2-6-17)14-24-25-20(28)19(23)13-15-3-7-18(27)8-4-15/h1-8,14,19,27H,9-13,23H2,(H,25,28)/b24-14+. The Morgan fingerprint density at radius 3 is 2.29 bits per heavy atom. The fourth-order valence-corrected chi connectivity index (χ4v) is 2.99. The third-order valence-electron chi connectivity index (χ3n) is 4.08. The maximum Gasteiger partial charge on any atom is 0.257 e. The van der Waals surface area contributed by atoms with Crippen LogP contribution in [0.4, 0.5) is 5.69 Å². The van der Waals surface area contributed by atoms with Crippen molar-refractivity contribution in [1.82, 2.24) is 5.43 Å². The maximum atomic E-state index is 12.1. The van der Waals surface area contributed by atoms with Gasteiger partial charge in [-0.15, -0.1) is 23.2 Å². The number of carbonyl (C=O) groups is 1. The lowest BCUT2D eigenvalue weighted by Gasteiger charge is -2.22. The van der Waals surface area contributed by atoms with Crippen LogP contribution in [0.2, 0.25) is 0 Å². The minimum atomic E-state index is -0.733. The quantitative estimate of drug-likeness (QED) is 0.311. The van der Waals surface area contributed by atoms with Gasteiger partial charge in [0.2, 0.25) is 0 Å². The van der Waals surface area contributed by atoms with Gasteiger partial charge in [-0.3, -0.25) is 4.79 Å². The Morgan fingerprint density at radius 1 is 1.11 bits per heavy atom. The predicted molar refractivity (Wildman–Crippen MR) is 116 cm³/mol. The van der Waals surface area contributed by atoms with Crippen LogP contribution in [0.1, 0.15) is 11.1 Å². The molecule has 0 fully saturated rings. The summed E-state index contributed by atoms with van der Waals surface area (Å²) in [7, 11) is 0. The molecular formula is C20H24Cl2N4O2. The van der Waals surface area contributed by atoms with Gasteiger partial charge in [0.15, 0.2) is 0 Å². The van der Waals surface area contributed by atoms with Crippen LogP contribution in [0.15, 0.2) is 53.6 Å². The zero-order valence-corrected chi connectivity index (χ0v) is 16.9. The molecule has 28 heavy (non-hydrogen) atoms. The largest absolute Gasteiger partial charge is 0.508 e. The van der Waals surface area contributed by atoms with E-state index in [-0.39, 0.29) is 11.7 Å². The number of nitrogens with one attached hydrogen (secondary N) is 1. The van der Waals surface area contributed by atoms with Crippen molar-refractivity contribution in [3.63, 3.8) is 0 Å². The number of phenolic OH excluding ortho intramolecular Hbond substituents is 1. The van der Waals surface area contributed by atoms with Crippen LogP contribution >= 0.6 is 23.2 Å². The first kappa shape index (κ1) is 22.0. The summed E-state index contributed by atoms with van der Waals surface area (Å²) in [6.45, 7) is 1.44. The summed E-state index contributed by atoms with van der Waals surface area (Å²) >= 11 is 11.7. The van der Waals surface area contributed by atoms with Gasteiger partial charge in [0.05, 0.1) is 12.3 Å². The number of benzene rings is 2. The Balaban J connectivity index is 1.87. The zero-order valence-electron chi connectivity index (χ0n) is 15.4. The van der Waals surface area contributed by atoms with E-state index in [0.717, 1.165) is 29.9 Å². The van der Waals surface area contributed by atoms with Gasteiger partial charge >= 0.3 is 0 Å². The van der Waals surface area contributed by atoms with Crippen molar-refractivity contribution in [2.45, 2.75) is 12.5 Å². The van der Waals surface area contributed by atoms with Crippen LogP contribution in [0.3, 0.4) is 0 Å². The SMILES string of the molecule is NC(Cc1ccc(O)cc1)C(=O)N/N=C/c1ccc(N(CCCl)CCCl)cc1. The Morgan fingerprint density at radius 2 is 1.71 bits per heavy atom. The number of hydrogen-bond acceptors (Lipinski definition) is 5. The zero-order chi connectivity index (χ0) is 20.4. The Labute approximate surface area is 174 Å². The number of aromatic hydroxyl groups is 1. The molecule has 1 unspecified atom stereocenters. The second-order valence-electron chi connectivity index (χ2n) is 6.17. The van der Waals surface area contributed by atoms with Gasteiger partial charge < -0.3 is 15.7 Å². The molecule has 0 aromatic heterocycles. The summed E-state index contributed by atoms with van der Waals surface area (Å²) in [6.07, 6.45) is 1.91. The number of alkyl halides is 2. The molecule has 2 rings (SSSR count). The van der Waals surface area contributed by atoms with E-state index in [1.807, 2.05) is 24.3 Å². The molecule has 2 aromatic carbocycles. The molecule has 1 amide bonds. The van der Waals surface area contributed by atoms with Crippen molar-refractivity contribution >= 4 is 41.0 Å². The van der Waals surface area contributed by atoms with Crippen molar-refractivity contribution in [1.29, 1.82) is 0 Å². The monoisotopic (exact) mass is 422 g/mol. The number of hydrazone groups is 1. The summed E-state index contributed by atoms with van der Waals surface area (Å²) in [5.41, 5.74) is 11.1. The first-order chi connectivity index (χ1) is 13.5. The highest BCUT2D eigenvalue weighted by molar-refractivity contribution is 6.18. The van der Waals surface area contributed by atoms with Crippen LogP contribution in [-0.2, 0) is 11.2 Å². The van der Waals surface area contributed by atoms with Crippen molar-refractivity contribution in [2.75, 3.05) is 29.7 Å². The molecule has 0 bridgehead atoms. The molecular weight excluding hydrogens is 399 g/mol. The van der Waals surface area contributed by atoms with Gasteiger partial charge in [-0.25, -0.2) is 5.43 Å². The van der Waals surface area contributed by atoms with E-state index in [4.69, 9.17) is 28.9 Å². The minimum absolute atomic E-state index is 0.172. The lowest BCUT2D eigenvalue weighted by molar-refractivity contribution is -0.122. The molecule has 4 N–H and O–H groups in total. The average molecular weight is 423 g/mol. The molecule has 0 aliphatic rings. The highest BCUT2D eigenvalue weighted by Crippen LogP contribution is 2.15. The van der Waals surface area contributed by atoms with Crippen LogP contribution in [0, 0.1) is 0 Å². The van der Waals surface area contributed by atoms with Crippen molar-refractivity contribution < 1.29 is 9.90 Å². The number of halogens is 2. The molecule has 0 aliphatic heterocycles. The number of phenols is 1. The van der Waals surface area contributed by atoms with Crippen molar-refractivity contribution in [2.24, 2.45) is 10.8 Å². The third kappa shape index (κ3) is 7.03. The number of hydrogen-bond donors (Lipinski definition) is 3. The van der Waals surface area contributed by atoms with E-state index in [1.165, 1.54) is 0 Å². The molecule has 0 spiro atoms. The minimum Gasteiger partial charge on any atom is -0.508 e. The predicted octanol–water partition coefficient (Wildman–Crippen LogP) is 2.70. The second-order valence-corrected chi connectivity index (χ2v) is 6.92. The van der Waals surface area contributed by atoms with Crippen LogP contribution in [0.25, 0.3) is 0 Å². The molecule has 0 saturated heterocycles. The maximum absolute atomic E-state index is 12.1. The lowest BCUT2D eigenvalue weighted by atomic mass is 10.1. The third-order valence-corrected chi connectivity index (χ3v) is 4.42. The Kier molecular flexibility index (Phi) is 9.07. The van der Waals surface area contributed by atoms with E-state index >= 15 is 0 Å². The average Bonchev–Trinajstić information content (AvgIpc) is 2.70. The fourth-order valence-electron chi connectivity index (χ4n) is 2.58. The van der Waals surface area contributed by atoms with E-state index in [9.17, 15) is 9.90 Å². The molecule has 0 aliphatic carbocycles. The van der Waals surface area contributed by atoms with Crippen LogP contribution in [0.5, 0.6) is 5.75 Å². The fraction of sp³-hybridized carbons (Fsp3) is 0.300. The number of nitrogens with two attached hydrogens (primary N) is 1. The summed E-state index contributed by atoms with van der Waals surface area (Å²) in [6, 6.07) is 13.6. The summed E-state index contributed by atoms with van der Waals surface area (Å²) in [5.74, 6) is 0.842. The normalized spacial score (nSPS) is 12.1. The van der Waals surface area contributed by atoms with Gasteiger partial charge in [-0.05, 0) is 41.8 Å². The highest BCUT2D eigenvalue weighted by Gasteiger charge is 2.13. The first-order valence-electron chi connectivity index (χ1n) is 8.87. The van der Waals surface area contributed by atoms with Gasteiger partial charge in [0, 0.05) is 30.5 Å². The highest BCUT2D eigenvalue weighted by atomic mass is 35.5. The Hall–Kier alpha value is -2.28. The number of amides is 1. The number of carbonyl (C=O) groups excluding carboxylic acids is 1. The topological polar surface area (TPSA) is 90.9 Å². The molecule has 8 heteroatoms. The molecule has 6 nitrogen and oxygen atoms in total. The second kappa shape index (κ2) is 11.5. The first-order valence-corrected chi connectivity index (χ1v) is 9.93. The van der Waals surface area contributed by atoms with E-state index in [0.29, 0.717) is 18.2 Å². The van der Waals surface area contributed by atoms with Gasteiger partial charge in [-0.2, -0.15) is 5.10 Å². The van der Waals surface area contributed by atoms with E-state index in [1.54, 1.807) is 30.5 Å². The Bertz CT molecular complexity index is 761. The smallest absolute Gasteiger partial charge is 0.257 e. The molecule has 1 atom stereocenters. The number of anilines is 1. The van der Waals surface area contributed by atoms with Crippen LogP contribution < -0.4 is 16.1 Å².